The van der Waals surface area contributed by atoms with E-state index in [0.29, 0.717) is 13.1 Å². The van der Waals surface area contributed by atoms with Crippen LogP contribution in [0.1, 0.15) is 31.4 Å². The second kappa shape index (κ2) is 6.56. The molecule has 1 amide bonds. The first-order valence-corrected chi connectivity index (χ1v) is 6.20. The highest BCUT2D eigenvalue weighted by atomic mass is 16.3. The third-order valence-corrected chi connectivity index (χ3v) is 2.69. The number of hydrogen-bond acceptors (Lipinski definition) is 4. The maximum Gasteiger partial charge on any atom is 0.234 e. The molecule has 5 heteroatoms. The van der Waals surface area contributed by atoms with E-state index in [4.69, 9.17) is 10.2 Å². The molecular formula is C13H23N3O2. The molecule has 1 aromatic heterocycles. The van der Waals surface area contributed by atoms with Crippen LogP contribution in [-0.4, -0.2) is 37.0 Å². The zero-order valence-corrected chi connectivity index (χ0v) is 11.6. The molecular weight excluding hydrogens is 230 g/mol. The fourth-order valence-electron chi connectivity index (χ4n) is 1.85. The smallest absolute Gasteiger partial charge is 0.234 e. The minimum atomic E-state index is -0.0726. The Morgan fingerprint density at radius 1 is 1.50 bits per heavy atom. The van der Waals surface area contributed by atoms with E-state index in [9.17, 15) is 4.79 Å². The number of amides is 1. The standard InChI is InChI=1S/C13H23N3O2/c1-9(2)15-13(17)8-16(4)11(7-14)12-6-5-10(3)18-12/h5-6,9,11H,7-8,14H2,1-4H3,(H,15,17). The molecule has 0 fully saturated rings. The molecule has 0 saturated heterocycles. The third kappa shape index (κ3) is 4.16. The molecule has 0 aromatic carbocycles. The van der Waals surface area contributed by atoms with Crippen LogP contribution in [0.4, 0.5) is 0 Å². The molecule has 5 nitrogen and oxygen atoms in total. The van der Waals surface area contributed by atoms with Gasteiger partial charge in [-0.3, -0.25) is 9.69 Å². The normalized spacial score (nSPS) is 13.1. The average molecular weight is 253 g/mol. The number of furan rings is 1. The Kier molecular flexibility index (Phi) is 5.37. The summed E-state index contributed by atoms with van der Waals surface area (Å²) in [7, 11) is 1.87. The van der Waals surface area contributed by atoms with Crippen molar-refractivity contribution in [3.05, 3.63) is 23.7 Å². The fourth-order valence-corrected chi connectivity index (χ4v) is 1.85. The minimum Gasteiger partial charge on any atom is -0.465 e. The van der Waals surface area contributed by atoms with Crippen LogP contribution in [0.2, 0.25) is 0 Å². The molecule has 0 aliphatic rings. The zero-order valence-electron chi connectivity index (χ0n) is 11.6. The van der Waals surface area contributed by atoms with E-state index in [1.807, 2.05) is 44.9 Å². The predicted molar refractivity (Wildman–Crippen MR) is 71.1 cm³/mol. The van der Waals surface area contributed by atoms with E-state index in [-0.39, 0.29) is 18.0 Å². The van der Waals surface area contributed by atoms with E-state index in [2.05, 4.69) is 5.32 Å². The van der Waals surface area contributed by atoms with Gasteiger partial charge in [-0.05, 0) is 40.0 Å². The van der Waals surface area contributed by atoms with Crippen molar-refractivity contribution in [1.82, 2.24) is 10.2 Å². The van der Waals surface area contributed by atoms with Crippen LogP contribution >= 0.6 is 0 Å². The Hall–Kier alpha value is -1.33. The molecule has 1 heterocycles. The first-order valence-electron chi connectivity index (χ1n) is 6.20. The second-order valence-electron chi connectivity index (χ2n) is 4.84. The summed E-state index contributed by atoms with van der Waals surface area (Å²) in [5.41, 5.74) is 5.76. The summed E-state index contributed by atoms with van der Waals surface area (Å²) < 4.78 is 5.57. The van der Waals surface area contributed by atoms with Crippen molar-refractivity contribution < 1.29 is 9.21 Å². The molecule has 0 spiro atoms. The second-order valence-corrected chi connectivity index (χ2v) is 4.84. The monoisotopic (exact) mass is 253 g/mol. The van der Waals surface area contributed by atoms with Gasteiger partial charge in [-0.25, -0.2) is 0 Å². The van der Waals surface area contributed by atoms with Crippen LogP contribution in [0.25, 0.3) is 0 Å². The summed E-state index contributed by atoms with van der Waals surface area (Å²) in [6, 6.07) is 3.88. The number of aryl methyl sites for hydroxylation is 1. The van der Waals surface area contributed by atoms with E-state index in [1.54, 1.807) is 0 Å². The lowest BCUT2D eigenvalue weighted by Gasteiger charge is -2.25. The minimum absolute atomic E-state index is 0.00534. The lowest BCUT2D eigenvalue weighted by Crippen LogP contribution is -2.41. The summed E-state index contributed by atoms with van der Waals surface area (Å²) in [6.07, 6.45) is 0. The van der Waals surface area contributed by atoms with Crippen molar-refractivity contribution in [2.45, 2.75) is 32.9 Å². The Balaban J connectivity index is 2.62. The van der Waals surface area contributed by atoms with Crippen molar-refractivity contribution in [3.8, 4) is 0 Å². The van der Waals surface area contributed by atoms with Crippen molar-refractivity contribution in [1.29, 1.82) is 0 Å². The van der Waals surface area contributed by atoms with Gasteiger partial charge in [0.15, 0.2) is 0 Å². The van der Waals surface area contributed by atoms with Crippen molar-refractivity contribution >= 4 is 5.91 Å². The highest BCUT2D eigenvalue weighted by Crippen LogP contribution is 2.20. The van der Waals surface area contributed by atoms with Crippen LogP contribution in [-0.2, 0) is 4.79 Å². The number of carbonyl (C=O) groups is 1. The van der Waals surface area contributed by atoms with Gasteiger partial charge < -0.3 is 15.5 Å². The van der Waals surface area contributed by atoms with Gasteiger partial charge >= 0.3 is 0 Å². The molecule has 3 N–H and O–H groups in total. The van der Waals surface area contributed by atoms with Crippen LogP contribution in [0.3, 0.4) is 0 Å². The molecule has 0 aliphatic heterocycles. The third-order valence-electron chi connectivity index (χ3n) is 2.69. The van der Waals surface area contributed by atoms with Crippen molar-refractivity contribution in [3.63, 3.8) is 0 Å². The first kappa shape index (κ1) is 14.7. The summed E-state index contributed by atoms with van der Waals surface area (Å²) >= 11 is 0. The highest BCUT2D eigenvalue weighted by Gasteiger charge is 2.20. The first-order chi connectivity index (χ1) is 8.43. The van der Waals surface area contributed by atoms with Crippen molar-refractivity contribution in [2.75, 3.05) is 20.1 Å². The number of rotatable bonds is 6. The fraction of sp³-hybridized carbons (Fsp3) is 0.615. The highest BCUT2D eigenvalue weighted by molar-refractivity contribution is 5.78. The van der Waals surface area contributed by atoms with Gasteiger partial charge in [-0.1, -0.05) is 0 Å². The Bertz CT molecular complexity index is 387. The van der Waals surface area contributed by atoms with E-state index < -0.39 is 0 Å². The van der Waals surface area contributed by atoms with E-state index >= 15 is 0 Å². The number of nitrogens with one attached hydrogen (secondary N) is 1. The molecule has 0 saturated carbocycles. The average Bonchev–Trinajstić information content (AvgIpc) is 2.64. The Morgan fingerprint density at radius 3 is 2.61 bits per heavy atom. The van der Waals surface area contributed by atoms with Gasteiger partial charge in [0, 0.05) is 12.6 Å². The molecule has 0 aliphatic carbocycles. The maximum absolute atomic E-state index is 11.7. The summed E-state index contributed by atoms with van der Waals surface area (Å²) in [5.74, 6) is 1.65. The number of carbonyl (C=O) groups excluding carboxylic acids is 1. The van der Waals surface area contributed by atoms with Gasteiger partial charge in [0.25, 0.3) is 0 Å². The molecule has 0 radical (unpaired) electrons. The number of nitrogens with zero attached hydrogens (tertiary/aromatic N) is 1. The van der Waals surface area contributed by atoms with Crippen LogP contribution < -0.4 is 11.1 Å². The predicted octanol–water partition coefficient (Wildman–Crippen LogP) is 1.04. The maximum atomic E-state index is 11.7. The van der Waals surface area contributed by atoms with Crippen LogP contribution in [0.15, 0.2) is 16.5 Å². The molecule has 102 valence electrons. The van der Waals surface area contributed by atoms with E-state index in [0.717, 1.165) is 11.5 Å². The van der Waals surface area contributed by atoms with Crippen molar-refractivity contribution in [2.24, 2.45) is 5.73 Å². The molecule has 1 rings (SSSR count). The Labute approximate surface area is 108 Å². The Morgan fingerprint density at radius 2 is 2.17 bits per heavy atom. The molecule has 18 heavy (non-hydrogen) atoms. The SMILES string of the molecule is Cc1ccc(C(CN)N(C)CC(=O)NC(C)C)o1. The van der Waals surface area contributed by atoms with Crippen LogP contribution in [0.5, 0.6) is 0 Å². The van der Waals surface area contributed by atoms with Gasteiger partial charge in [-0.2, -0.15) is 0 Å². The largest absolute Gasteiger partial charge is 0.465 e. The molecule has 1 aromatic rings. The topological polar surface area (TPSA) is 71.5 Å². The number of hydrogen-bond donors (Lipinski definition) is 2. The molecule has 1 unspecified atom stereocenters. The van der Waals surface area contributed by atoms with Gasteiger partial charge in [0.2, 0.25) is 5.91 Å². The van der Waals surface area contributed by atoms with Gasteiger partial charge in [-0.15, -0.1) is 0 Å². The summed E-state index contributed by atoms with van der Waals surface area (Å²) in [4.78, 5) is 13.6. The van der Waals surface area contributed by atoms with Gasteiger partial charge in [0.05, 0.1) is 12.6 Å². The summed E-state index contributed by atoms with van der Waals surface area (Å²) in [6.45, 7) is 6.49. The van der Waals surface area contributed by atoms with E-state index in [1.165, 1.54) is 0 Å². The lowest BCUT2D eigenvalue weighted by molar-refractivity contribution is -0.123. The molecule has 1 atom stereocenters. The molecule has 0 bridgehead atoms. The number of likely N-dealkylation sites (N-methyl/N-ethyl adjacent to an activating group) is 1. The van der Waals surface area contributed by atoms with Gasteiger partial charge in [0.1, 0.15) is 11.5 Å². The summed E-state index contributed by atoms with van der Waals surface area (Å²) in [5, 5.41) is 2.86. The quantitative estimate of drug-likeness (QED) is 0.794. The van der Waals surface area contributed by atoms with Crippen LogP contribution in [0, 0.1) is 6.92 Å². The zero-order chi connectivity index (χ0) is 13.7. The lowest BCUT2D eigenvalue weighted by atomic mass is 10.2. The number of nitrogens with two attached hydrogens (primary N) is 1.